The maximum atomic E-state index is 12.2. The number of Topliss-reactive ketones (excluding diaryl/α,β-unsaturated/α-hetero) is 1. The number of benzene rings is 1. The zero-order chi connectivity index (χ0) is 14.7. The van der Waals surface area contributed by atoms with Crippen molar-refractivity contribution < 1.29 is 9.53 Å². The molecule has 0 bridgehead atoms. The summed E-state index contributed by atoms with van der Waals surface area (Å²) < 4.78 is 5.20. The van der Waals surface area contributed by atoms with E-state index in [1.165, 1.54) is 31.0 Å². The number of carbonyl (C=O) groups is 1. The van der Waals surface area contributed by atoms with Gasteiger partial charge in [0.25, 0.3) is 0 Å². The minimum atomic E-state index is 0.274. The molecule has 5 heteroatoms. The van der Waals surface area contributed by atoms with Crippen LogP contribution in [-0.2, 0) is 4.79 Å². The van der Waals surface area contributed by atoms with Crippen molar-refractivity contribution in [1.82, 2.24) is 9.97 Å². The quantitative estimate of drug-likeness (QED) is 0.853. The summed E-state index contributed by atoms with van der Waals surface area (Å²) in [5.41, 5.74) is 1.85. The molecule has 0 atom stereocenters. The van der Waals surface area contributed by atoms with Gasteiger partial charge in [-0.2, -0.15) is 0 Å². The molecule has 1 N–H and O–H groups in total. The molecule has 21 heavy (non-hydrogen) atoms. The SMILES string of the molecule is COc1ccc2nc(SCC(=O)C3CCCCC3)[nH]c2c1. The van der Waals surface area contributed by atoms with Gasteiger partial charge in [0.2, 0.25) is 0 Å². The molecule has 4 nitrogen and oxygen atoms in total. The van der Waals surface area contributed by atoms with Crippen LogP contribution < -0.4 is 4.74 Å². The van der Waals surface area contributed by atoms with Gasteiger partial charge < -0.3 is 9.72 Å². The smallest absolute Gasteiger partial charge is 0.166 e. The Balaban J connectivity index is 1.63. The molecule has 0 amide bonds. The summed E-state index contributed by atoms with van der Waals surface area (Å²) in [4.78, 5) is 20.0. The molecule has 0 aliphatic heterocycles. The van der Waals surface area contributed by atoms with Gasteiger partial charge in [-0.1, -0.05) is 31.0 Å². The third-order valence-corrected chi connectivity index (χ3v) is 4.97. The van der Waals surface area contributed by atoms with Gasteiger partial charge in [-0.25, -0.2) is 4.98 Å². The summed E-state index contributed by atoms with van der Waals surface area (Å²) in [6, 6.07) is 5.75. The second-order valence-electron chi connectivity index (χ2n) is 5.51. The van der Waals surface area contributed by atoms with Crippen LogP contribution >= 0.6 is 11.8 Å². The number of nitrogens with one attached hydrogen (secondary N) is 1. The Morgan fingerprint density at radius 3 is 2.95 bits per heavy atom. The van der Waals surface area contributed by atoms with Crippen LogP contribution in [0.1, 0.15) is 32.1 Å². The lowest BCUT2D eigenvalue weighted by atomic mass is 9.87. The fourth-order valence-electron chi connectivity index (χ4n) is 2.84. The zero-order valence-electron chi connectivity index (χ0n) is 12.2. The average Bonchev–Trinajstić information content (AvgIpc) is 2.95. The second-order valence-corrected chi connectivity index (χ2v) is 6.48. The zero-order valence-corrected chi connectivity index (χ0v) is 13.0. The predicted molar refractivity (Wildman–Crippen MR) is 85.0 cm³/mol. The lowest BCUT2D eigenvalue weighted by Crippen LogP contribution is -2.19. The molecule has 112 valence electrons. The fourth-order valence-corrected chi connectivity index (χ4v) is 3.70. The summed E-state index contributed by atoms with van der Waals surface area (Å²) in [6.45, 7) is 0. The highest BCUT2D eigenvalue weighted by atomic mass is 32.2. The number of aromatic nitrogens is 2. The molecular weight excluding hydrogens is 284 g/mol. The second kappa shape index (κ2) is 6.52. The van der Waals surface area contributed by atoms with Crippen molar-refractivity contribution >= 4 is 28.6 Å². The first-order valence-electron chi connectivity index (χ1n) is 7.45. The number of imidazole rings is 1. The van der Waals surface area contributed by atoms with Crippen LogP contribution in [0.4, 0.5) is 0 Å². The van der Waals surface area contributed by atoms with Crippen LogP contribution in [0, 0.1) is 5.92 Å². The van der Waals surface area contributed by atoms with Crippen LogP contribution in [-0.4, -0.2) is 28.6 Å². The van der Waals surface area contributed by atoms with Crippen LogP contribution in [0.5, 0.6) is 5.75 Å². The van der Waals surface area contributed by atoms with E-state index in [1.54, 1.807) is 7.11 Å². The highest BCUT2D eigenvalue weighted by Crippen LogP contribution is 2.27. The number of thioether (sulfide) groups is 1. The number of aromatic amines is 1. The molecule has 1 fully saturated rings. The van der Waals surface area contributed by atoms with E-state index in [2.05, 4.69) is 9.97 Å². The van der Waals surface area contributed by atoms with Crippen molar-refractivity contribution in [3.05, 3.63) is 18.2 Å². The maximum absolute atomic E-state index is 12.2. The van der Waals surface area contributed by atoms with E-state index < -0.39 is 0 Å². The summed E-state index contributed by atoms with van der Waals surface area (Å²) in [6.07, 6.45) is 5.81. The maximum Gasteiger partial charge on any atom is 0.166 e. The summed E-state index contributed by atoms with van der Waals surface area (Å²) in [5.74, 6) is 1.97. The molecule has 1 saturated carbocycles. The summed E-state index contributed by atoms with van der Waals surface area (Å²) in [5, 5.41) is 0.808. The molecule has 0 saturated heterocycles. The molecular formula is C16H20N2O2S. The normalized spacial score (nSPS) is 16.2. The fraction of sp³-hybridized carbons (Fsp3) is 0.500. The van der Waals surface area contributed by atoms with Crippen molar-refractivity contribution in [2.75, 3.05) is 12.9 Å². The van der Waals surface area contributed by atoms with Gasteiger partial charge in [-0.05, 0) is 25.0 Å². The topological polar surface area (TPSA) is 55.0 Å². The number of H-pyrrole nitrogens is 1. The van der Waals surface area contributed by atoms with E-state index in [0.29, 0.717) is 11.5 Å². The van der Waals surface area contributed by atoms with Gasteiger partial charge in [-0.3, -0.25) is 4.79 Å². The van der Waals surface area contributed by atoms with E-state index in [1.807, 2.05) is 18.2 Å². The number of hydrogen-bond donors (Lipinski definition) is 1. The third kappa shape index (κ3) is 3.40. The molecule has 0 spiro atoms. The molecule has 0 radical (unpaired) electrons. The van der Waals surface area contributed by atoms with Crippen molar-refractivity contribution in [2.45, 2.75) is 37.3 Å². The van der Waals surface area contributed by atoms with Gasteiger partial charge in [-0.15, -0.1) is 0 Å². The molecule has 0 unspecified atom stereocenters. The molecule has 1 heterocycles. The van der Waals surface area contributed by atoms with E-state index in [0.717, 1.165) is 34.8 Å². The Labute approximate surface area is 128 Å². The Morgan fingerprint density at radius 1 is 1.38 bits per heavy atom. The first-order chi connectivity index (χ1) is 10.3. The van der Waals surface area contributed by atoms with Crippen LogP contribution in [0.25, 0.3) is 11.0 Å². The van der Waals surface area contributed by atoms with Gasteiger partial charge in [0, 0.05) is 12.0 Å². The van der Waals surface area contributed by atoms with E-state index >= 15 is 0 Å². The minimum Gasteiger partial charge on any atom is -0.497 e. The van der Waals surface area contributed by atoms with Crippen molar-refractivity contribution in [3.8, 4) is 5.75 Å². The number of methoxy groups -OCH3 is 1. The van der Waals surface area contributed by atoms with Crippen molar-refractivity contribution in [2.24, 2.45) is 5.92 Å². The largest absolute Gasteiger partial charge is 0.497 e. The van der Waals surface area contributed by atoms with Gasteiger partial charge in [0.1, 0.15) is 11.5 Å². The third-order valence-electron chi connectivity index (χ3n) is 4.08. The molecule has 3 rings (SSSR count). The van der Waals surface area contributed by atoms with E-state index in [-0.39, 0.29) is 5.92 Å². The number of fused-ring (bicyclic) bond motifs is 1. The Hall–Kier alpha value is -1.49. The lowest BCUT2D eigenvalue weighted by molar-refractivity contribution is -0.121. The first kappa shape index (κ1) is 14.4. The van der Waals surface area contributed by atoms with Gasteiger partial charge >= 0.3 is 0 Å². The van der Waals surface area contributed by atoms with Crippen molar-refractivity contribution in [1.29, 1.82) is 0 Å². The van der Waals surface area contributed by atoms with E-state index in [4.69, 9.17) is 4.74 Å². The van der Waals surface area contributed by atoms with Crippen LogP contribution in [0.3, 0.4) is 0 Å². The molecule has 1 aliphatic carbocycles. The van der Waals surface area contributed by atoms with Crippen molar-refractivity contribution in [3.63, 3.8) is 0 Å². The number of carbonyl (C=O) groups excluding carboxylic acids is 1. The number of nitrogens with zero attached hydrogens (tertiary/aromatic N) is 1. The average molecular weight is 304 g/mol. The Morgan fingerprint density at radius 2 is 2.19 bits per heavy atom. The highest BCUT2D eigenvalue weighted by molar-refractivity contribution is 7.99. The molecule has 1 aromatic carbocycles. The minimum absolute atomic E-state index is 0.274. The molecule has 1 aromatic heterocycles. The van der Waals surface area contributed by atoms with Crippen LogP contribution in [0.15, 0.2) is 23.4 Å². The van der Waals surface area contributed by atoms with Gasteiger partial charge in [0.15, 0.2) is 5.16 Å². The van der Waals surface area contributed by atoms with E-state index in [9.17, 15) is 4.79 Å². The Kier molecular flexibility index (Phi) is 4.48. The highest BCUT2D eigenvalue weighted by Gasteiger charge is 2.21. The first-order valence-corrected chi connectivity index (χ1v) is 8.44. The Bertz CT molecular complexity index is 632. The standard InChI is InChI=1S/C16H20N2O2S/c1-20-12-7-8-13-14(9-12)18-16(17-13)21-10-15(19)11-5-3-2-4-6-11/h7-9,11H,2-6,10H2,1H3,(H,17,18). The lowest BCUT2D eigenvalue weighted by Gasteiger charge is -2.19. The number of ketones is 1. The monoisotopic (exact) mass is 304 g/mol. The molecule has 1 aliphatic rings. The summed E-state index contributed by atoms with van der Waals surface area (Å²) in [7, 11) is 1.65. The van der Waals surface area contributed by atoms with Crippen LogP contribution in [0.2, 0.25) is 0 Å². The number of hydrogen-bond acceptors (Lipinski definition) is 4. The molecule has 2 aromatic rings. The van der Waals surface area contributed by atoms with Gasteiger partial charge in [0.05, 0.1) is 23.9 Å². The number of rotatable bonds is 5. The predicted octanol–water partition coefficient (Wildman–Crippen LogP) is 3.81. The summed E-state index contributed by atoms with van der Waals surface area (Å²) >= 11 is 1.50. The number of ether oxygens (including phenoxy) is 1.